The smallest absolute Gasteiger partial charge is 0.289 e. The van der Waals surface area contributed by atoms with Crippen molar-refractivity contribution in [2.45, 2.75) is 6.42 Å². The zero-order valence-corrected chi connectivity index (χ0v) is 8.47. The predicted molar refractivity (Wildman–Crippen MR) is 55.0 cm³/mol. The summed E-state index contributed by atoms with van der Waals surface area (Å²) < 4.78 is 4.89. The molecule has 0 unspecified atom stereocenters. The number of nitro groups is 1. The molecule has 16 heavy (non-hydrogen) atoms. The van der Waals surface area contributed by atoms with Crippen LogP contribution in [0.4, 0.5) is 5.69 Å². The predicted octanol–water partition coefficient (Wildman–Crippen LogP) is 0.939. The average molecular weight is 220 g/mol. The molecule has 1 aromatic heterocycles. The van der Waals surface area contributed by atoms with E-state index >= 15 is 0 Å². The Bertz CT molecular complexity index is 473. The maximum Gasteiger partial charge on any atom is 0.289 e. The second kappa shape index (κ2) is 5.46. The van der Waals surface area contributed by atoms with Gasteiger partial charge in [-0.15, -0.1) is 0 Å². The lowest BCUT2D eigenvalue weighted by Crippen LogP contribution is -1.95. The Morgan fingerprint density at radius 1 is 1.69 bits per heavy atom. The standard InChI is InChI=1S/C10H8N2O4/c1-16-10-8(4-2-3-5-13)6-9(7-11-10)12(14)15/h5-7H,3H2,1H3. The van der Waals surface area contributed by atoms with Crippen molar-refractivity contribution >= 4 is 12.0 Å². The van der Waals surface area contributed by atoms with Crippen LogP contribution < -0.4 is 4.74 Å². The number of hydrogen-bond acceptors (Lipinski definition) is 5. The van der Waals surface area contributed by atoms with Crippen LogP contribution >= 0.6 is 0 Å². The summed E-state index contributed by atoms with van der Waals surface area (Å²) in [6, 6.07) is 1.25. The first kappa shape index (κ1) is 11.7. The molecule has 0 aliphatic heterocycles. The van der Waals surface area contributed by atoms with Crippen molar-refractivity contribution < 1.29 is 14.5 Å². The molecule has 0 aliphatic rings. The van der Waals surface area contributed by atoms with Crippen molar-refractivity contribution in [3.05, 3.63) is 27.9 Å². The summed E-state index contributed by atoms with van der Waals surface area (Å²) in [6.45, 7) is 0. The van der Waals surface area contributed by atoms with Gasteiger partial charge < -0.3 is 9.53 Å². The lowest BCUT2D eigenvalue weighted by molar-refractivity contribution is -0.385. The van der Waals surface area contributed by atoms with Gasteiger partial charge in [0.2, 0.25) is 5.88 Å². The second-order valence-corrected chi connectivity index (χ2v) is 2.68. The Morgan fingerprint density at radius 2 is 2.44 bits per heavy atom. The van der Waals surface area contributed by atoms with Crippen LogP contribution in [0.5, 0.6) is 5.88 Å². The van der Waals surface area contributed by atoms with E-state index in [-0.39, 0.29) is 18.0 Å². The summed E-state index contributed by atoms with van der Waals surface area (Å²) in [7, 11) is 1.39. The highest BCUT2D eigenvalue weighted by molar-refractivity contribution is 5.56. The van der Waals surface area contributed by atoms with Gasteiger partial charge in [0.15, 0.2) is 0 Å². The van der Waals surface area contributed by atoms with Crippen molar-refractivity contribution in [3.63, 3.8) is 0 Å². The number of carbonyl (C=O) groups excluding carboxylic acids is 1. The summed E-state index contributed by atoms with van der Waals surface area (Å²) in [5, 5.41) is 10.5. The first-order valence-corrected chi connectivity index (χ1v) is 4.30. The minimum atomic E-state index is -0.572. The Hall–Kier alpha value is -2.42. The number of carbonyl (C=O) groups is 1. The molecule has 6 heteroatoms. The topological polar surface area (TPSA) is 82.3 Å². The third-order valence-corrected chi connectivity index (χ3v) is 1.65. The fourth-order valence-corrected chi connectivity index (χ4v) is 0.981. The molecular weight excluding hydrogens is 212 g/mol. The molecule has 1 heterocycles. The maximum absolute atomic E-state index is 10.5. The van der Waals surface area contributed by atoms with E-state index in [0.717, 1.165) is 6.20 Å². The highest BCUT2D eigenvalue weighted by Crippen LogP contribution is 2.19. The van der Waals surface area contributed by atoms with Crippen molar-refractivity contribution in [2.75, 3.05) is 7.11 Å². The van der Waals surface area contributed by atoms with E-state index in [2.05, 4.69) is 16.8 Å². The van der Waals surface area contributed by atoms with E-state index in [9.17, 15) is 14.9 Å². The molecule has 0 saturated heterocycles. The zero-order chi connectivity index (χ0) is 12.0. The fourth-order valence-electron chi connectivity index (χ4n) is 0.981. The van der Waals surface area contributed by atoms with Crippen LogP contribution in [0.2, 0.25) is 0 Å². The van der Waals surface area contributed by atoms with Gasteiger partial charge in [0.1, 0.15) is 12.5 Å². The molecule has 0 saturated carbocycles. The molecule has 0 fully saturated rings. The number of aldehydes is 1. The molecule has 0 N–H and O–H groups in total. The van der Waals surface area contributed by atoms with Gasteiger partial charge >= 0.3 is 0 Å². The minimum absolute atomic E-state index is 0.0614. The van der Waals surface area contributed by atoms with Crippen molar-refractivity contribution in [1.82, 2.24) is 4.98 Å². The lowest BCUT2D eigenvalue weighted by atomic mass is 10.2. The Kier molecular flexibility index (Phi) is 3.98. The van der Waals surface area contributed by atoms with Crippen LogP contribution in [0.3, 0.4) is 0 Å². The Balaban J connectivity index is 3.13. The number of methoxy groups -OCH3 is 1. The maximum atomic E-state index is 10.5. The molecule has 82 valence electrons. The van der Waals surface area contributed by atoms with Gasteiger partial charge in [-0.2, -0.15) is 0 Å². The van der Waals surface area contributed by atoms with Crippen LogP contribution in [-0.2, 0) is 4.79 Å². The van der Waals surface area contributed by atoms with Crippen LogP contribution in [0.15, 0.2) is 12.3 Å². The number of ether oxygens (including phenoxy) is 1. The normalized spacial score (nSPS) is 8.81. The molecule has 0 spiro atoms. The van der Waals surface area contributed by atoms with E-state index < -0.39 is 4.92 Å². The highest BCUT2D eigenvalue weighted by Gasteiger charge is 2.10. The van der Waals surface area contributed by atoms with Crippen LogP contribution in [0.1, 0.15) is 12.0 Å². The summed E-state index contributed by atoms with van der Waals surface area (Å²) in [5.41, 5.74) is 0.120. The first-order chi connectivity index (χ1) is 7.69. The van der Waals surface area contributed by atoms with Crippen LogP contribution in [0.25, 0.3) is 0 Å². The van der Waals surface area contributed by atoms with Gasteiger partial charge in [-0.1, -0.05) is 11.8 Å². The largest absolute Gasteiger partial charge is 0.480 e. The van der Waals surface area contributed by atoms with E-state index in [1.807, 2.05) is 0 Å². The van der Waals surface area contributed by atoms with Crippen molar-refractivity contribution in [2.24, 2.45) is 0 Å². The number of rotatable bonds is 3. The average Bonchev–Trinajstić information content (AvgIpc) is 2.29. The SMILES string of the molecule is COc1ncc([N+](=O)[O-])cc1C#CCC=O. The molecule has 0 bridgehead atoms. The number of nitrogens with zero attached hydrogens (tertiary/aromatic N) is 2. The van der Waals surface area contributed by atoms with E-state index in [0.29, 0.717) is 11.8 Å². The molecule has 1 aromatic rings. The Labute approximate surface area is 91.4 Å². The number of pyridine rings is 1. The third-order valence-electron chi connectivity index (χ3n) is 1.65. The van der Waals surface area contributed by atoms with E-state index in [4.69, 9.17) is 4.74 Å². The summed E-state index contributed by atoms with van der Waals surface area (Å²) in [6.07, 6.45) is 1.79. The molecule has 0 aromatic carbocycles. The number of aromatic nitrogens is 1. The molecule has 0 aliphatic carbocycles. The van der Waals surface area contributed by atoms with Crippen LogP contribution in [0, 0.1) is 22.0 Å². The first-order valence-electron chi connectivity index (χ1n) is 4.30. The second-order valence-electron chi connectivity index (χ2n) is 2.68. The van der Waals surface area contributed by atoms with Gasteiger partial charge in [0.25, 0.3) is 5.69 Å². The third kappa shape index (κ3) is 2.78. The van der Waals surface area contributed by atoms with E-state index in [1.54, 1.807) is 0 Å². The van der Waals surface area contributed by atoms with Gasteiger partial charge in [0.05, 0.1) is 24.0 Å². The van der Waals surface area contributed by atoms with Gasteiger partial charge in [-0.05, 0) is 0 Å². The highest BCUT2D eigenvalue weighted by atomic mass is 16.6. The van der Waals surface area contributed by atoms with Crippen LogP contribution in [-0.4, -0.2) is 23.3 Å². The summed E-state index contributed by atoms with van der Waals surface area (Å²) >= 11 is 0. The molecule has 1 rings (SSSR count). The minimum Gasteiger partial charge on any atom is -0.480 e. The van der Waals surface area contributed by atoms with Crippen molar-refractivity contribution in [1.29, 1.82) is 0 Å². The molecule has 0 atom stereocenters. The van der Waals surface area contributed by atoms with Gasteiger partial charge in [0, 0.05) is 6.07 Å². The van der Waals surface area contributed by atoms with Crippen molar-refractivity contribution in [3.8, 4) is 17.7 Å². The summed E-state index contributed by atoms with van der Waals surface area (Å²) in [4.78, 5) is 23.7. The molecular formula is C10H8N2O4. The monoisotopic (exact) mass is 220 g/mol. The quantitative estimate of drug-likeness (QED) is 0.327. The molecule has 6 nitrogen and oxygen atoms in total. The number of hydrogen-bond donors (Lipinski definition) is 0. The zero-order valence-electron chi connectivity index (χ0n) is 8.47. The van der Waals surface area contributed by atoms with Gasteiger partial charge in [-0.3, -0.25) is 10.1 Å². The molecule has 0 amide bonds. The Morgan fingerprint density at radius 3 is 3.00 bits per heavy atom. The lowest BCUT2D eigenvalue weighted by Gasteiger charge is -2.00. The summed E-state index contributed by atoms with van der Waals surface area (Å²) in [5.74, 6) is 5.32. The molecule has 0 radical (unpaired) electrons. The van der Waals surface area contributed by atoms with E-state index in [1.165, 1.54) is 13.2 Å². The fraction of sp³-hybridized carbons (Fsp3) is 0.200. The van der Waals surface area contributed by atoms with Gasteiger partial charge in [-0.25, -0.2) is 4.98 Å².